The fourth-order valence-corrected chi connectivity index (χ4v) is 3.67. The molecule has 5 nitrogen and oxygen atoms in total. The van der Waals surface area contributed by atoms with Gasteiger partial charge in [-0.25, -0.2) is 0 Å². The van der Waals surface area contributed by atoms with Gasteiger partial charge in [-0.2, -0.15) is 0 Å². The van der Waals surface area contributed by atoms with E-state index in [0.717, 1.165) is 5.56 Å². The predicted molar refractivity (Wildman–Crippen MR) is 133 cm³/mol. The summed E-state index contributed by atoms with van der Waals surface area (Å²) in [6, 6.07) is 15.3. The molecule has 31 heavy (non-hydrogen) atoms. The number of anilines is 3. The molecule has 160 valence electrons. The van der Waals surface area contributed by atoms with Crippen molar-refractivity contribution < 1.29 is 9.53 Å². The number of benzene rings is 3. The lowest BCUT2D eigenvalue weighted by Gasteiger charge is -2.15. The van der Waals surface area contributed by atoms with Crippen LogP contribution in [0.4, 0.5) is 17.1 Å². The van der Waals surface area contributed by atoms with Crippen LogP contribution in [0.25, 0.3) is 0 Å². The minimum Gasteiger partial charge on any atom is -0.495 e. The molecule has 3 N–H and O–H groups in total. The molecule has 0 unspecified atom stereocenters. The van der Waals surface area contributed by atoms with E-state index in [0.29, 0.717) is 43.4 Å². The van der Waals surface area contributed by atoms with Crippen LogP contribution in [0, 0.1) is 6.92 Å². The predicted octanol–water partition coefficient (Wildman–Crippen LogP) is 7.03. The van der Waals surface area contributed by atoms with E-state index in [1.165, 1.54) is 7.11 Å². The first-order valence-corrected chi connectivity index (χ1v) is 10.6. The SMILES string of the molecule is COc1ccc(C(=O)Nc2ccc(C)c(Cl)c2)cc1NC(=S)Nc1cc(Cl)cc(Cl)c1. The average Bonchev–Trinajstić information content (AvgIpc) is 2.69. The van der Waals surface area contributed by atoms with Gasteiger partial charge in [0.25, 0.3) is 5.91 Å². The number of aryl methyl sites for hydroxylation is 1. The zero-order valence-electron chi connectivity index (χ0n) is 16.6. The van der Waals surface area contributed by atoms with E-state index >= 15 is 0 Å². The number of ether oxygens (including phenoxy) is 1. The van der Waals surface area contributed by atoms with Crippen LogP contribution in [0.1, 0.15) is 15.9 Å². The summed E-state index contributed by atoms with van der Waals surface area (Å²) in [5.74, 6) is 0.217. The Morgan fingerprint density at radius 3 is 2.23 bits per heavy atom. The molecule has 0 atom stereocenters. The Kier molecular flexibility index (Phi) is 7.62. The first-order valence-electron chi connectivity index (χ1n) is 9.05. The number of rotatable bonds is 5. The van der Waals surface area contributed by atoms with Crippen LogP contribution in [-0.2, 0) is 0 Å². The molecule has 0 fully saturated rings. The molecule has 3 aromatic rings. The average molecular weight is 495 g/mol. The maximum absolute atomic E-state index is 12.7. The first kappa shape index (κ1) is 23.2. The number of carbonyl (C=O) groups is 1. The van der Waals surface area contributed by atoms with Gasteiger partial charge in [0.1, 0.15) is 5.75 Å². The Bertz CT molecular complexity index is 1130. The topological polar surface area (TPSA) is 62.4 Å². The monoisotopic (exact) mass is 493 g/mol. The van der Waals surface area contributed by atoms with Crippen LogP contribution in [0.2, 0.25) is 15.1 Å². The van der Waals surface area contributed by atoms with Crippen molar-refractivity contribution in [3.63, 3.8) is 0 Å². The quantitative estimate of drug-likeness (QED) is 0.333. The van der Waals surface area contributed by atoms with Gasteiger partial charge in [0, 0.05) is 32.0 Å². The van der Waals surface area contributed by atoms with Crippen molar-refractivity contribution in [3.8, 4) is 5.75 Å². The number of carbonyl (C=O) groups excluding carboxylic acids is 1. The van der Waals surface area contributed by atoms with Crippen molar-refractivity contribution in [3.05, 3.63) is 80.8 Å². The number of halogens is 3. The van der Waals surface area contributed by atoms with Gasteiger partial charge < -0.3 is 20.7 Å². The number of hydrogen-bond donors (Lipinski definition) is 3. The summed E-state index contributed by atoms with van der Waals surface area (Å²) in [6.45, 7) is 1.89. The number of methoxy groups -OCH3 is 1. The van der Waals surface area contributed by atoms with E-state index in [1.54, 1.807) is 48.5 Å². The lowest BCUT2D eigenvalue weighted by molar-refractivity contribution is 0.102. The Labute approximate surface area is 200 Å². The first-order chi connectivity index (χ1) is 14.7. The molecule has 0 spiro atoms. The fraction of sp³-hybridized carbons (Fsp3) is 0.0909. The Hall–Kier alpha value is -2.51. The third-order valence-electron chi connectivity index (χ3n) is 4.26. The smallest absolute Gasteiger partial charge is 0.255 e. The standard InChI is InChI=1S/C22H18Cl3N3O2S/c1-12-3-5-16(11-18(12)25)26-21(29)13-4-6-20(30-2)19(7-13)28-22(31)27-17-9-14(23)8-15(24)10-17/h3-11H,1-2H3,(H,26,29)(H2,27,28,31). The van der Waals surface area contributed by atoms with Crippen LogP contribution in [-0.4, -0.2) is 18.1 Å². The van der Waals surface area contributed by atoms with Crippen molar-refractivity contribution in [1.29, 1.82) is 0 Å². The Morgan fingerprint density at radius 2 is 1.58 bits per heavy atom. The lowest BCUT2D eigenvalue weighted by Crippen LogP contribution is -2.20. The zero-order valence-corrected chi connectivity index (χ0v) is 19.6. The van der Waals surface area contributed by atoms with Crippen molar-refractivity contribution >= 4 is 75.1 Å². The second-order valence-electron chi connectivity index (χ2n) is 6.57. The Balaban J connectivity index is 1.77. The zero-order chi connectivity index (χ0) is 22.5. The highest BCUT2D eigenvalue weighted by Crippen LogP contribution is 2.28. The van der Waals surface area contributed by atoms with Crippen molar-refractivity contribution in [2.75, 3.05) is 23.1 Å². The molecule has 9 heteroatoms. The molecule has 0 aromatic heterocycles. The maximum atomic E-state index is 12.7. The normalized spacial score (nSPS) is 10.4. The summed E-state index contributed by atoms with van der Waals surface area (Å²) in [6.07, 6.45) is 0. The minimum atomic E-state index is -0.300. The van der Waals surface area contributed by atoms with E-state index in [2.05, 4.69) is 16.0 Å². The van der Waals surface area contributed by atoms with Gasteiger partial charge in [-0.1, -0.05) is 40.9 Å². The van der Waals surface area contributed by atoms with E-state index < -0.39 is 0 Å². The molecule has 0 heterocycles. The van der Waals surface area contributed by atoms with Crippen LogP contribution < -0.4 is 20.7 Å². The summed E-state index contributed by atoms with van der Waals surface area (Å²) in [4.78, 5) is 12.7. The number of thiocarbonyl (C=S) groups is 1. The van der Waals surface area contributed by atoms with Gasteiger partial charge in [0.2, 0.25) is 0 Å². The Morgan fingerprint density at radius 1 is 0.871 bits per heavy atom. The largest absolute Gasteiger partial charge is 0.495 e. The van der Waals surface area contributed by atoms with Gasteiger partial charge in [0.05, 0.1) is 12.8 Å². The molecule has 0 aliphatic carbocycles. The second kappa shape index (κ2) is 10.2. The van der Waals surface area contributed by atoms with E-state index in [1.807, 2.05) is 13.0 Å². The molecule has 3 aromatic carbocycles. The van der Waals surface area contributed by atoms with Crippen molar-refractivity contribution in [2.24, 2.45) is 0 Å². The number of amides is 1. The number of nitrogens with one attached hydrogen (secondary N) is 3. The summed E-state index contributed by atoms with van der Waals surface area (Å²) in [5, 5.41) is 10.7. The second-order valence-corrected chi connectivity index (χ2v) is 8.26. The van der Waals surface area contributed by atoms with Gasteiger partial charge in [-0.15, -0.1) is 0 Å². The maximum Gasteiger partial charge on any atom is 0.255 e. The molecule has 0 bridgehead atoms. The lowest BCUT2D eigenvalue weighted by atomic mass is 10.1. The molecule has 3 rings (SSSR count). The van der Waals surface area contributed by atoms with E-state index in [-0.39, 0.29) is 11.0 Å². The van der Waals surface area contributed by atoms with Gasteiger partial charge in [0.15, 0.2) is 5.11 Å². The molecule has 0 saturated carbocycles. The van der Waals surface area contributed by atoms with Crippen LogP contribution in [0.5, 0.6) is 5.75 Å². The minimum absolute atomic E-state index is 0.277. The van der Waals surface area contributed by atoms with Gasteiger partial charge >= 0.3 is 0 Å². The van der Waals surface area contributed by atoms with Crippen LogP contribution >= 0.6 is 47.0 Å². The molecule has 0 aliphatic rings. The highest BCUT2D eigenvalue weighted by atomic mass is 35.5. The fourth-order valence-electron chi connectivity index (χ4n) is 2.73. The summed E-state index contributed by atoms with van der Waals surface area (Å²) in [7, 11) is 1.53. The van der Waals surface area contributed by atoms with Gasteiger partial charge in [-0.3, -0.25) is 4.79 Å². The van der Waals surface area contributed by atoms with Crippen LogP contribution in [0.3, 0.4) is 0 Å². The van der Waals surface area contributed by atoms with E-state index in [4.69, 9.17) is 51.8 Å². The summed E-state index contributed by atoms with van der Waals surface area (Å²) >= 11 is 23.6. The molecule has 0 aliphatic heterocycles. The summed E-state index contributed by atoms with van der Waals surface area (Å²) < 4.78 is 5.38. The number of hydrogen-bond acceptors (Lipinski definition) is 3. The molecule has 0 radical (unpaired) electrons. The van der Waals surface area contributed by atoms with Crippen molar-refractivity contribution in [1.82, 2.24) is 0 Å². The van der Waals surface area contributed by atoms with Crippen LogP contribution in [0.15, 0.2) is 54.6 Å². The van der Waals surface area contributed by atoms with Gasteiger partial charge in [-0.05, 0) is 73.2 Å². The third-order valence-corrected chi connectivity index (χ3v) is 5.31. The van der Waals surface area contributed by atoms with E-state index in [9.17, 15) is 4.79 Å². The molecule has 1 amide bonds. The highest BCUT2D eigenvalue weighted by Gasteiger charge is 2.13. The molecular formula is C22H18Cl3N3O2S. The molecule has 0 saturated heterocycles. The third kappa shape index (κ3) is 6.24. The summed E-state index contributed by atoms with van der Waals surface area (Å²) in [5.41, 5.74) is 3.08. The highest BCUT2D eigenvalue weighted by molar-refractivity contribution is 7.80. The van der Waals surface area contributed by atoms with Crippen molar-refractivity contribution in [2.45, 2.75) is 6.92 Å². The molecular weight excluding hydrogens is 477 g/mol.